The number of aliphatic hydroxyl groups excluding tert-OH is 2. The zero-order valence-corrected chi connectivity index (χ0v) is 22.1. The highest BCUT2D eigenvalue weighted by atomic mass is 32.2. The Morgan fingerprint density at radius 1 is 1.18 bits per heavy atom. The number of aliphatic hydroxyl groups is 2. The predicted octanol–water partition coefficient (Wildman–Crippen LogP) is 4.17. The van der Waals surface area contributed by atoms with Crippen molar-refractivity contribution < 1.29 is 34.2 Å². The van der Waals surface area contributed by atoms with Crippen LogP contribution in [0.5, 0.6) is 0 Å². The standard InChI is InChI=1S/C27H30N2O8S/c1-17-13-23(20-8-6-9-21(14-20)29(34)35)25(26(32)36-3)18(2)28(17)27(33)37-12-11-19-7-4-5-10-24(19)38-16-22(31)15-30/h4-10,13-14,22-23,30-31H,11-12,15-16H2,1-3H3. The van der Waals surface area contributed by atoms with Gasteiger partial charge in [-0.3, -0.25) is 15.0 Å². The second-order valence-electron chi connectivity index (χ2n) is 8.58. The van der Waals surface area contributed by atoms with Gasteiger partial charge in [-0.05, 0) is 31.0 Å². The molecule has 2 N–H and O–H groups in total. The van der Waals surface area contributed by atoms with Crippen LogP contribution in [0.4, 0.5) is 10.5 Å². The first-order valence-electron chi connectivity index (χ1n) is 11.9. The molecule has 1 heterocycles. The Labute approximate surface area is 224 Å². The summed E-state index contributed by atoms with van der Waals surface area (Å²) in [4.78, 5) is 38.8. The second kappa shape index (κ2) is 13.2. The van der Waals surface area contributed by atoms with Gasteiger partial charge in [-0.2, -0.15) is 0 Å². The molecule has 10 nitrogen and oxygen atoms in total. The van der Waals surface area contributed by atoms with Crippen molar-refractivity contribution >= 4 is 29.5 Å². The van der Waals surface area contributed by atoms with Crippen LogP contribution in [0, 0.1) is 10.1 Å². The fourth-order valence-corrected chi connectivity index (χ4v) is 5.18. The summed E-state index contributed by atoms with van der Waals surface area (Å²) in [6.45, 7) is 3.05. The highest BCUT2D eigenvalue weighted by molar-refractivity contribution is 7.99. The molecule has 1 amide bonds. The minimum atomic E-state index is -0.829. The summed E-state index contributed by atoms with van der Waals surface area (Å²) in [6.07, 6.45) is 0.599. The van der Waals surface area contributed by atoms with Crippen molar-refractivity contribution in [1.29, 1.82) is 0 Å². The molecule has 0 spiro atoms. The van der Waals surface area contributed by atoms with E-state index >= 15 is 0 Å². The second-order valence-corrected chi connectivity index (χ2v) is 9.65. The minimum Gasteiger partial charge on any atom is -0.466 e. The summed E-state index contributed by atoms with van der Waals surface area (Å²) in [5, 5.41) is 30.0. The fourth-order valence-electron chi connectivity index (χ4n) is 4.17. The number of allylic oxidation sites excluding steroid dienone is 3. The lowest BCUT2D eigenvalue weighted by Gasteiger charge is -2.32. The number of nitro benzene ring substituents is 1. The van der Waals surface area contributed by atoms with Crippen LogP contribution in [-0.4, -0.2) is 64.3 Å². The van der Waals surface area contributed by atoms with Crippen LogP contribution < -0.4 is 0 Å². The van der Waals surface area contributed by atoms with Crippen molar-refractivity contribution in [1.82, 2.24) is 4.90 Å². The molecule has 0 saturated heterocycles. The maximum Gasteiger partial charge on any atom is 0.418 e. The molecular formula is C27H30N2O8S. The number of hydrogen-bond donors (Lipinski definition) is 2. The number of ether oxygens (including phenoxy) is 2. The molecular weight excluding hydrogens is 512 g/mol. The molecule has 2 unspecified atom stereocenters. The van der Waals surface area contributed by atoms with Gasteiger partial charge in [0.2, 0.25) is 0 Å². The van der Waals surface area contributed by atoms with Crippen molar-refractivity contribution in [3.05, 3.63) is 92.8 Å². The molecule has 0 fully saturated rings. The summed E-state index contributed by atoms with van der Waals surface area (Å²) in [5.74, 6) is -0.974. The van der Waals surface area contributed by atoms with Gasteiger partial charge < -0.3 is 19.7 Å². The average molecular weight is 543 g/mol. The van der Waals surface area contributed by atoms with Gasteiger partial charge in [0.25, 0.3) is 5.69 Å². The van der Waals surface area contributed by atoms with Gasteiger partial charge in [0.1, 0.15) is 0 Å². The number of nitrogens with zero attached hydrogens (tertiary/aromatic N) is 2. The number of thioether (sulfide) groups is 1. The van der Waals surface area contributed by atoms with Crippen LogP contribution in [0.3, 0.4) is 0 Å². The van der Waals surface area contributed by atoms with E-state index in [0.29, 0.717) is 29.1 Å². The van der Waals surface area contributed by atoms with Gasteiger partial charge in [-0.15, -0.1) is 11.8 Å². The van der Waals surface area contributed by atoms with E-state index in [4.69, 9.17) is 14.6 Å². The molecule has 1 aliphatic rings. The lowest BCUT2D eigenvalue weighted by molar-refractivity contribution is -0.384. The largest absolute Gasteiger partial charge is 0.466 e. The minimum absolute atomic E-state index is 0.0673. The van der Waals surface area contributed by atoms with Crippen LogP contribution >= 0.6 is 11.8 Å². The topological polar surface area (TPSA) is 139 Å². The van der Waals surface area contributed by atoms with Gasteiger partial charge >= 0.3 is 12.1 Å². The highest BCUT2D eigenvalue weighted by Crippen LogP contribution is 2.38. The number of carbonyl (C=O) groups excluding carboxylic acids is 2. The Morgan fingerprint density at radius 3 is 2.61 bits per heavy atom. The number of esters is 1. The van der Waals surface area contributed by atoms with Gasteiger partial charge in [-0.25, -0.2) is 9.59 Å². The van der Waals surface area contributed by atoms with Crippen LogP contribution in [0.1, 0.15) is 30.9 Å². The first kappa shape index (κ1) is 28.9. The highest BCUT2D eigenvalue weighted by Gasteiger charge is 2.35. The van der Waals surface area contributed by atoms with E-state index in [0.717, 1.165) is 10.5 Å². The lowest BCUT2D eigenvalue weighted by atomic mass is 9.86. The molecule has 2 aromatic carbocycles. The number of amides is 1. The third-order valence-corrected chi connectivity index (χ3v) is 7.30. The van der Waals surface area contributed by atoms with E-state index in [1.165, 1.54) is 35.9 Å². The van der Waals surface area contributed by atoms with E-state index in [9.17, 15) is 24.8 Å². The van der Waals surface area contributed by atoms with Crippen LogP contribution in [0.25, 0.3) is 0 Å². The van der Waals surface area contributed by atoms with Crippen LogP contribution in [-0.2, 0) is 20.7 Å². The summed E-state index contributed by atoms with van der Waals surface area (Å²) >= 11 is 1.40. The summed E-state index contributed by atoms with van der Waals surface area (Å²) in [6, 6.07) is 13.5. The van der Waals surface area contributed by atoms with Gasteiger partial charge in [0.05, 0.1) is 36.9 Å². The van der Waals surface area contributed by atoms with Gasteiger partial charge in [-0.1, -0.05) is 36.4 Å². The Kier molecular flexibility index (Phi) is 10.1. The van der Waals surface area contributed by atoms with E-state index in [1.807, 2.05) is 24.3 Å². The number of nitro groups is 1. The van der Waals surface area contributed by atoms with Crippen molar-refractivity contribution in [3.63, 3.8) is 0 Å². The third-order valence-electron chi connectivity index (χ3n) is 6.04. The molecule has 0 bridgehead atoms. The van der Waals surface area contributed by atoms with E-state index in [-0.39, 0.29) is 24.5 Å². The molecule has 2 atom stereocenters. The number of hydrogen-bond acceptors (Lipinski definition) is 9. The van der Waals surface area contributed by atoms with Crippen molar-refractivity contribution in [2.75, 3.05) is 26.1 Å². The smallest absolute Gasteiger partial charge is 0.418 e. The molecule has 0 radical (unpaired) electrons. The number of carbonyl (C=O) groups is 2. The van der Waals surface area contributed by atoms with Gasteiger partial charge in [0, 0.05) is 46.5 Å². The number of rotatable bonds is 10. The SMILES string of the molecule is COC(=O)C1=C(C)N(C(=O)OCCc2ccccc2SCC(O)CO)C(C)=CC1c1cccc([N+](=O)[O-])c1. The normalized spacial score (nSPS) is 16.1. The maximum atomic E-state index is 13.1. The summed E-state index contributed by atoms with van der Waals surface area (Å²) < 4.78 is 10.5. The first-order chi connectivity index (χ1) is 18.2. The molecule has 38 heavy (non-hydrogen) atoms. The van der Waals surface area contributed by atoms with E-state index < -0.39 is 29.0 Å². The molecule has 0 aliphatic carbocycles. The summed E-state index contributed by atoms with van der Waals surface area (Å²) in [7, 11) is 1.23. The maximum absolute atomic E-state index is 13.1. The van der Waals surface area contributed by atoms with Crippen LogP contribution in [0.2, 0.25) is 0 Å². The van der Waals surface area contributed by atoms with E-state index in [2.05, 4.69) is 0 Å². The fraction of sp³-hybridized carbons (Fsp3) is 0.333. The molecule has 0 saturated carbocycles. The predicted molar refractivity (Wildman–Crippen MR) is 141 cm³/mol. The quantitative estimate of drug-likeness (QED) is 0.196. The number of benzene rings is 2. The van der Waals surface area contributed by atoms with E-state index in [1.54, 1.807) is 32.1 Å². The van der Waals surface area contributed by atoms with Crippen molar-refractivity contribution in [2.45, 2.75) is 37.2 Å². The zero-order chi connectivity index (χ0) is 27.8. The molecule has 11 heteroatoms. The first-order valence-corrected chi connectivity index (χ1v) is 12.8. The molecule has 2 aromatic rings. The Morgan fingerprint density at radius 2 is 1.92 bits per heavy atom. The lowest BCUT2D eigenvalue weighted by Crippen LogP contribution is -2.35. The molecule has 0 aromatic heterocycles. The van der Waals surface area contributed by atoms with Crippen LogP contribution in [0.15, 0.2) is 76.5 Å². The Balaban J connectivity index is 1.78. The summed E-state index contributed by atoms with van der Waals surface area (Å²) in [5.41, 5.74) is 2.33. The zero-order valence-electron chi connectivity index (χ0n) is 21.3. The Hall–Kier alpha value is -3.67. The third kappa shape index (κ3) is 6.80. The Bertz CT molecular complexity index is 1260. The molecule has 1 aliphatic heterocycles. The monoisotopic (exact) mass is 542 g/mol. The number of non-ortho nitro benzene ring substituents is 1. The van der Waals surface area contributed by atoms with Crippen molar-refractivity contribution in [3.8, 4) is 0 Å². The number of methoxy groups -OCH3 is 1. The van der Waals surface area contributed by atoms with Gasteiger partial charge in [0.15, 0.2) is 0 Å². The van der Waals surface area contributed by atoms with Crippen molar-refractivity contribution in [2.24, 2.45) is 0 Å². The molecule has 202 valence electrons. The average Bonchev–Trinajstić information content (AvgIpc) is 2.91. The molecule has 3 rings (SSSR count).